The predicted octanol–water partition coefficient (Wildman–Crippen LogP) is 1.98. The van der Waals surface area contributed by atoms with Crippen LogP contribution in [-0.4, -0.2) is 39.4 Å². The minimum atomic E-state index is -0.968. The molecule has 1 aromatic rings. The van der Waals surface area contributed by atoms with Crippen LogP contribution >= 0.6 is 0 Å². The second kappa shape index (κ2) is 5.90. The molecule has 0 radical (unpaired) electrons. The average molecular weight is 292 g/mol. The Hall–Kier alpha value is -2.44. The fraction of sp³-hybridized carbons (Fsp3) is 0.429. The van der Waals surface area contributed by atoms with Gasteiger partial charge in [0.05, 0.1) is 11.3 Å². The number of aliphatic carboxylic acids is 1. The van der Waals surface area contributed by atoms with Gasteiger partial charge in [0.25, 0.3) is 11.6 Å². The van der Waals surface area contributed by atoms with Crippen LogP contribution in [0.2, 0.25) is 0 Å². The summed E-state index contributed by atoms with van der Waals surface area (Å²) in [5, 5.41) is 19.7. The lowest BCUT2D eigenvalue weighted by Crippen LogP contribution is -2.35. The van der Waals surface area contributed by atoms with Crippen LogP contribution in [0.25, 0.3) is 0 Å². The number of carbonyl (C=O) groups is 2. The van der Waals surface area contributed by atoms with Gasteiger partial charge in [0, 0.05) is 29.8 Å². The molecule has 0 spiro atoms. The molecule has 2 rings (SSSR count). The highest BCUT2D eigenvalue weighted by Crippen LogP contribution is 2.30. The van der Waals surface area contributed by atoms with Gasteiger partial charge in [-0.2, -0.15) is 0 Å². The minimum absolute atomic E-state index is 0.0514. The fourth-order valence-electron chi connectivity index (χ4n) is 2.26. The Balaban J connectivity index is 2.26. The van der Waals surface area contributed by atoms with Crippen LogP contribution in [0.1, 0.15) is 35.2 Å². The number of nitrogens with zero attached hydrogens (tertiary/aromatic N) is 2. The summed E-state index contributed by atoms with van der Waals surface area (Å²) in [6.07, 6.45) is 1.56. The van der Waals surface area contributed by atoms with Crippen molar-refractivity contribution in [3.63, 3.8) is 0 Å². The summed E-state index contributed by atoms with van der Waals surface area (Å²) in [5.41, 5.74) is 0.477. The summed E-state index contributed by atoms with van der Waals surface area (Å²) in [5.74, 6) is -1.30. The van der Waals surface area contributed by atoms with Gasteiger partial charge in [-0.15, -0.1) is 0 Å². The lowest BCUT2D eigenvalue weighted by molar-refractivity contribution is -0.385. The Labute approximate surface area is 121 Å². The van der Waals surface area contributed by atoms with Gasteiger partial charge in [0.2, 0.25) is 0 Å². The Morgan fingerprint density at radius 1 is 1.43 bits per heavy atom. The van der Waals surface area contributed by atoms with Crippen LogP contribution in [0.5, 0.6) is 0 Å². The third-order valence-electron chi connectivity index (χ3n) is 3.55. The lowest BCUT2D eigenvalue weighted by Gasteiger charge is -2.22. The molecule has 7 heteroatoms. The van der Waals surface area contributed by atoms with E-state index >= 15 is 0 Å². The van der Waals surface area contributed by atoms with E-state index in [0.717, 1.165) is 12.8 Å². The summed E-state index contributed by atoms with van der Waals surface area (Å²) >= 11 is 0. The number of amides is 1. The Kier molecular flexibility index (Phi) is 4.21. The van der Waals surface area contributed by atoms with Crippen LogP contribution < -0.4 is 0 Å². The number of benzene rings is 1. The molecular formula is C14H16N2O5. The van der Waals surface area contributed by atoms with Crippen molar-refractivity contribution in [2.45, 2.75) is 32.2 Å². The molecule has 0 atom stereocenters. The Morgan fingerprint density at radius 2 is 2.10 bits per heavy atom. The number of carboxylic acids is 1. The van der Waals surface area contributed by atoms with E-state index in [1.807, 2.05) is 0 Å². The largest absolute Gasteiger partial charge is 0.481 e. The normalized spacial score (nSPS) is 13.8. The quantitative estimate of drug-likeness (QED) is 0.638. The van der Waals surface area contributed by atoms with Crippen molar-refractivity contribution >= 4 is 17.6 Å². The highest BCUT2D eigenvalue weighted by atomic mass is 16.6. The molecule has 0 saturated heterocycles. The van der Waals surface area contributed by atoms with Crippen molar-refractivity contribution in [3.05, 3.63) is 39.4 Å². The van der Waals surface area contributed by atoms with E-state index in [9.17, 15) is 19.7 Å². The number of carboxylic acid groups (broad SMARTS) is 1. The first-order valence-corrected chi connectivity index (χ1v) is 6.68. The molecule has 1 amide bonds. The molecule has 1 saturated carbocycles. The molecule has 1 N–H and O–H groups in total. The van der Waals surface area contributed by atoms with Crippen molar-refractivity contribution in [3.8, 4) is 0 Å². The SMILES string of the molecule is Cc1c(C(=O)N(CCC(=O)O)C2CC2)cccc1[N+](=O)[O-]. The number of nitro groups is 1. The smallest absolute Gasteiger partial charge is 0.305 e. The first-order valence-electron chi connectivity index (χ1n) is 6.68. The summed E-state index contributed by atoms with van der Waals surface area (Å²) in [6.45, 7) is 1.66. The highest BCUT2D eigenvalue weighted by molar-refractivity contribution is 5.97. The molecule has 0 unspecified atom stereocenters. The maximum atomic E-state index is 12.5. The van der Waals surface area contributed by atoms with Gasteiger partial charge in [0.1, 0.15) is 0 Å². The molecule has 1 aromatic carbocycles. The van der Waals surface area contributed by atoms with Crippen molar-refractivity contribution in [2.24, 2.45) is 0 Å². The zero-order valence-corrected chi connectivity index (χ0v) is 11.6. The summed E-state index contributed by atoms with van der Waals surface area (Å²) in [7, 11) is 0. The molecule has 7 nitrogen and oxygen atoms in total. The monoisotopic (exact) mass is 292 g/mol. The van der Waals surface area contributed by atoms with Gasteiger partial charge in [-0.25, -0.2) is 0 Å². The standard InChI is InChI=1S/C14H16N2O5/c1-9-11(3-2-4-12(9)16(20)21)14(19)15(10-5-6-10)8-7-13(17)18/h2-4,10H,5-8H2,1H3,(H,17,18). The maximum absolute atomic E-state index is 12.5. The molecular weight excluding hydrogens is 276 g/mol. The van der Waals surface area contributed by atoms with Gasteiger partial charge in [0.15, 0.2) is 0 Å². The zero-order chi connectivity index (χ0) is 15.6. The van der Waals surface area contributed by atoms with Crippen LogP contribution in [0, 0.1) is 17.0 Å². The minimum Gasteiger partial charge on any atom is -0.481 e. The Bertz CT molecular complexity index is 595. The number of rotatable bonds is 6. The first-order chi connectivity index (χ1) is 9.91. The topological polar surface area (TPSA) is 101 Å². The predicted molar refractivity (Wildman–Crippen MR) is 74.1 cm³/mol. The summed E-state index contributed by atoms with van der Waals surface area (Å²) < 4.78 is 0. The van der Waals surface area contributed by atoms with E-state index in [-0.39, 0.29) is 36.2 Å². The van der Waals surface area contributed by atoms with Gasteiger partial charge in [-0.3, -0.25) is 19.7 Å². The van der Waals surface area contributed by atoms with Crippen molar-refractivity contribution in [1.82, 2.24) is 4.90 Å². The molecule has 21 heavy (non-hydrogen) atoms. The van der Waals surface area contributed by atoms with E-state index in [2.05, 4.69) is 0 Å². The van der Waals surface area contributed by atoms with Gasteiger partial charge in [-0.1, -0.05) is 6.07 Å². The van der Waals surface area contributed by atoms with Crippen molar-refractivity contribution < 1.29 is 19.6 Å². The van der Waals surface area contributed by atoms with E-state index in [4.69, 9.17) is 5.11 Å². The number of hydrogen-bond donors (Lipinski definition) is 1. The molecule has 0 bridgehead atoms. The molecule has 112 valence electrons. The van der Waals surface area contributed by atoms with Gasteiger partial charge in [-0.05, 0) is 25.8 Å². The van der Waals surface area contributed by atoms with Crippen LogP contribution in [0.15, 0.2) is 18.2 Å². The van der Waals surface area contributed by atoms with Crippen molar-refractivity contribution in [1.29, 1.82) is 0 Å². The third kappa shape index (κ3) is 3.36. The van der Waals surface area contributed by atoms with Gasteiger partial charge >= 0.3 is 5.97 Å². The first kappa shape index (κ1) is 15.0. The lowest BCUT2D eigenvalue weighted by atomic mass is 10.1. The number of carbonyl (C=O) groups excluding carboxylic acids is 1. The number of hydrogen-bond acceptors (Lipinski definition) is 4. The van der Waals surface area contributed by atoms with E-state index in [1.54, 1.807) is 6.07 Å². The van der Waals surface area contributed by atoms with Crippen molar-refractivity contribution in [2.75, 3.05) is 6.54 Å². The maximum Gasteiger partial charge on any atom is 0.305 e. The molecule has 1 fully saturated rings. The zero-order valence-electron chi connectivity index (χ0n) is 11.6. The van der Waals surface area contributed by atoms with E-state index in [0.29, 0.717) is 5.56 Å². The molecule has 1 aliphatic rings. The molecule has 0 heterocycles. The molecule has 1 aliphatic carbocycles. The fourth-order valence-corrected chi connectivity index (χ4v) is 2.26. The number of nitro benzene ring substituents is 1. The van der Waals surface area contributed by atoms with E-state index in [1.165, 1.54) is 24.0 Å². The van der Waals surface area contributed by atoms with Gasteiger partial charge < -0.3 is 10.0 Å². The Morgan fingerprint density at radius 3 is 2.62 bits per heavy atom. The van der Waals surface area contributed by atoms with Crippen LogP contribution in [-0.2, 0) is 4.79 Å². The molecule has 0 aromatic heterocycles. The van der Waals surface area contributed by atoms with Crippen LogP contribution in [0.3, 0.4) is 0 Å². The highest BCUT2D eigenvalue weighted by Gasteiger charge is 2.34. The molecule has 0 aliphatic heterocycles. The summed E-state index contributed by atoms with van der Waals surface area (Å²) in [4.78, 5) is 35.2. The second-order valence-corrected chi connectivity index (χ2v) is 5.08. The van der Waals surface area contributed by atoms with E-state index < -0.39 is 10.9 Å². The van der Waals surface area contributed by atoms with Crippen LogP contribution in [0.4, 0.5) is 5.69 Å². The third-order valence-corrected chi connectivity index (χ3v) is 3.55. The average Bonchev–Trinajstić information content (AvgIpc) is 3.22. The summed E-state index contributed by atoms with van der Waals surface area (Å²) in [6, 6.07) is 4.42. The second-order valence-electron chi connectivity index (χ2n) is 5.08.